The number of ether oxygens (including phenoxy) is 1. The summed E-state index contributed by atoms with van der Waals surface area (Å²) in [6.07, 6.45) is 2.85. The van der Waals surface area contributed by atoms with Crippen molar-refractivity contribution in [3.8, 4) is 0 Å². The summed E-state index contributed by atoms with van der Waals surface area (Å²) in [4.78, 5) is 0. The molecule has 1 aromatic carbocycles. The third kappa shape index (κ3) is 6.06. The van der Waals surface area contributed by atoms with E-state index >= 15 is 0 Å². The minimum absolute atomic E-state index is 0.417. The fourth-order valence-electron chi connectivity index (χ4n) is 1.30. The standard InChI is InChI=1S/C12H16I2O/c13-8-4-7-12(9-14)15-10-11-5-2-1-3-6-11/h1-3,5-6,12H,4,7-10H2. The zero-order valence-electron chi connectivity index (χ0n) is 8.66. The molecule has 1 unspecified atom stereocenters. The van der Waals surface area contributed by atoms with Crippen molar-refractivity contribution in [2.45, 2.75) is 25.6 Å². The number of halogens is 2. The minimum atomic E-state index is 0.417. The average molecular weight is 430 g/mol. The Balaban J connectivity index is 2.28. The normalized spacial score (nSPS) is 12.7. The Bertz CT molecular complexity index is 251. The van der Waals surface area contributed by atoms with Crippen molar-refractivity contribution >= 4 is 45.2 Å². The topological polar surface area (TPSA) is 9.23 Å². The first-order valence-electron chi connectivity index (χ1n) is 5.14. The number of benzene rings is 1. The van der Waals surface area contributed by atoms with E-state index in [9.17, 15) is 0 Å². The Hall–Kier alpha value is 0.640. The maximum absolute atomic E-state index is 5.87. The Labute approximate surface area is 119 Å². The van der Waals surface area contributed by atoms with Gasteiger partial charge in [-0.2, -0.15) is 0 Å². The maximum Gasteiger partial charge on any atom is 0.0721 e. The lowest BCUT2D eigenvalue weighted by atomic mass is 10.2. The van der Waals surface area contributed by atoms with Gasteiger partial charge in [-0.3, -0.25) is 0 Å². The summed E-state index contributed by atoms with van der Waals surface area (Å²) in [5, 5.41) is 0. The van der Waals surface area contributed by atoms with Gasteiger partial charge < -0.3 is 4.74 Å². The monoisotopic (exact) mass is 430 g/mol. The van der Waals surface area contributed by atoms with Gasteiger partial charge in [0, 0.05) is 4.43 Å². The lowest BCUT2D eigenvalue weighted by molar-refractivity contribution is 0.0525. The highest BCUT2D eigenvalue weighted by molar-refractivity contribution is 14.1. The highest BCUT2D eigenvalue weighted by atomic mass is 127. The first-order chi connectivity index (χ1) is 7.36. The second-order valence-corrected chi connectivity index (χ2v) is 5.36. The van der Waals surface area contributed by atoms with Crippen LogP contribution < -0.4 is 0 Å². The number of rotatable bonds is 7. The van der Waals surface area contributed by atoms with Crippen LogP contribution in [0.1, 0.15) is 18.4 Å². The molecule has 0 N–H and O–H groups in total. The number of alkyl halides is 2. The molecule has 84 valence electrons. The van der Waals surface area contributed by atoms with Gasteiger partial charge in [-0.15, -0.1) is 0 Å². The third-order valence-corrected chi connectivity index (χ3v) is 3.91. The zero-order valence-corrected chi connectivity index (χ0v) is 13.0. The fourth-order valence-corrected chi connectivity index (χ4v) is 2.43. The van der Waals surface area contributed by atoms with Crippen LogP contribution in [0, 0.1) is 0 Å². The lowest BCUT2D eigenvalue weighted by Crippen LogP contribution is -2.14. The van der Waals surface area contributed by atoms with Crippen molar-refractivity contribution in [3.05, 3.63) is 35.9 Å². The predicted octanol–water partition coefficient (Wildman–Crippen LogP) is 4.22. The Kier molecular flexibility index (Phi) is 8.00. The zero-order chi connectivity index (χ0) is 10.9. The molecule has 0 bridgehead atoms. The van der Waals surface area contributed by atoms with Crippen LogP contribution in [0.4, 0.5) is 0 Å². The molecule has 3 heteroatoms. The summed E-state index contributed by atoms with van der Waals surface area (Å²) in [7, 11) is 0. The first-order valence-corrected chi connectivity index (χ1v) is 8.19. The Morgan fingerprint density at radius 2 is 1.87 bits per heavy atom. The van der Waals surface area contributed by atoms with Gasteiger partial charge in [0.1, 0.15) is 0 Å². The van der Waals surface area contributed by atoms with Crippen LogP contribution >= 0.6 is 45.2 Å². The molecule has 0 heterocycles. The molecule has 1 rings (SSSR count). The molecule has 0 amide bonds. The molecule has 0 radical (unpaired) electrons. The van der Waals surface area contributed by atoms with E-state index in [1.807, 2.05) is 6.07 Å². The van der Waals surface area contributed by atoms with E-state index in [0.29, 0.717) is 6.10 Å². The molecular weight excluding hydrogens is 414 g/mol. The molecule has 0 saturated heterocycles. The second-order valence-electron chi connectivity index (χ2n) is 3.40. The van der Waals surface area contributed by atoms with Gasteiger partial charge in [0.2, 0.25) is 0 Å². The smallest absolute Gasteiger partial charge is 0.0721 e. The van der Waals surface area contributed by atoms with Crippen molar-refractivity contribution in [2.75, 3.05) is 8.86 Å². The van der Waals surface area contributed by atoms with Crippen molar-refractivity contribution in [1.29, 1.82) is 0 Å². The molecule has 0 aliphatic heterocycles. The van der Waals surface area contributed by atoms with Crippen LogP contribution in [0.5, 0.6) is 0 Å². The second kappa shape index (κ2) is 8.75. The van der Waals surface area contributed by atoms with Gasteiger partial charge >= 0.3 is 0 Å². The Morgan fingerprint density at radius 1 is 1.13 bits per heavy atom. The van der Waals surface area contributed by atoms with E-state index in [-0.39, 0.29) is 0 Å². The van der Waals surface area contributed by atoms with Crippen molar-refractivity contribution < 1.29 is 4.74 Å². The minimum Gasteiger partial charge on any atom is -0.373 e. The molecular formula is C12H16I2O. The van der Waals surface area contributed by atoms with Crippen LogP contribution in [0.2, 0.25) is 0 Å². The molecule has 1 aromatic rings. The average Bonchev–Trinajstić information content (AvgIpc) is 2.31. The van der Waals surface area contributed by atoms with E-state index in [1.54, 1.807) is 0 Å². The van der Waals surface area contributed by atoms with Crippen LogP contribution in [-0.2, 0) is 11.3 Å². The van der Waals surface area contributed by atoms with E-state index < -0.39 is 0 Å². The third-order valence-electron chi connectivity index (χ3n) is 2.16. The molecule has 1 nitrogen and oxygen atoms in total. The van der Waals surface area contributed by atoms with Crippen molar-refractivity contribution in [2.24, 2.45) is 0 Å². The van der Waals surface area contributed by atoms with E-state index in [2.05, 4.69) is 69.4 Å². The van der Waals surface area contributed by atoms with Crippen molar-refractivity contribution in [1.82, 2.24) is 0 Å². The summed E-state index contributed by atoms with van der Waals surface area (Å²) in [5.74, 6) is 0. The number of hydrogen-bond acceptors (Lipinski definition) is 1. The van der Waals surface area contributed by atoms with Crippen LogP contribution in [0.25, 0.3) is 0 Å². The van der Waals surface area contributed by atoms with Crippen molar-refractivity contribution in [3.63, 3.8) is 0 Å². The molecule has 0 aliphatic rings. The summed E-state index contributed by atoms with van der Waals surface area (Å²) in [6, 6.07) is 10.4. The summed E-state index contributed by atoms with van der Waals surface area (Å²) < 4.78 is 8.17. The molecule has 0 saturated carbocycles. The quantitative estimate of drug-likeness (QED) is 0.465. The van der Waals surface area contributed by atoms with Crippen LogP contribution in [-0.4, -0.2) is 15.0 Å². The Morgan fingerprint density at radius 3 is 2.47 bits per heavy atom. The lowest BCUT2D eigenvalue weighted by Gasteiger charge is -2.14. The summed E-state index contributed by atoms with van der Waals surface area (Å²) in [5.41, 5.74) is 1.27. The van der Waals surface area contributed by atoms with Crippen LogP contribution in [0.3, 0.4) is 0 Å². The predicted molar refractivity (Wildman–Crippen MR) is 82.0 cm³/mol. The van der Waals surface area contributed by atoms with Gasteiger partial charge in [0.25, 0.3) is 0 Å². The largest absolute Gasteiger partial charge is 0.373 e. The molecule has 0 aromatic heterocycles. The van der Waals surface area contributed by atoms with E-state index in [1.165, 1.54) is 22.8 Å². The van der Waals surface area contributed by atoms with E-state index in [0.717, 1.165) is 11.0 Å². The van der Waals surface area contributed by atoms with Gasteiger partial charge in [0.15, 0.2) is 0 Å². The first kappa shape index (κ1) is 13.7. The molecule has 1 atom stereocenters. The van der Waals surface area contributed by atoms with Gasteiger partial charge in [0.05, 0.1) is 12.7 Å². The highest BCUT2D eigenvalue weighted by Gasteiger charge is 2.06. The fraction of sp³-hybridized carbons (Fsp3) is 0.500. The molecule has 0 spiro atoms. The van der Waals surface area contributed by atoms with Crippen LogP contribution in [0.15, 0.2) is 30.3 Å². The molecule has 0 aliphatic carbocycles. The SMILES string of the molecule is ICCCC(CI)OCc1ccccc1. The van der Waals surface area contributed by atoms with Gasteiger partial charge in [-0.25, -0.2) is 0 Å². The highest BCUT2D eigenvalue weighted by Crippen LogP contribution is 2.11. The van der Waals surface area contributed by atoms with E-state index in [4.69, 9.17) is 4.74 Å². The van der Waals surface area contributed by atoms with Gasteiger partial charge in [-0.05, 0) is 22.8 Å². The summed E-state index contributed by atoms with van der Waals surface area (Å²) in [6.45, 7) is 0.746. The maximum atomic E-state index is 5.87. The summed E-state index contributed by atoms with van der Waals surface area (Å²) >= 11 is 4.82. The molecule has 0 fully saturated rings. The number of hydrogen-bond donors (Lipinski definition) is 0. The van der Waals surface area contributed by atoms with Gasteiger partial charge in [-0.1, -0.05) is 75.5 Å². The molecule has 15 heavy (non-hydrogen) atoms.